The highest BCUT2D eigenvalue weighted by Crippen LogP contribution is 2.24. The third-order valence-corrected chi connectivity index (χ3v) is 4.59. The molecule has 8 heteroatoms. The van der Waals surface area contributed by atoms with Crippen LogP contribution < -0.4 is 11.3 Å². The number of ketones is 2. The van der Waals surface area contributed by atoms with Crippen LogP contribution in [-0.2, 0) is 14.4 Å². The third-order valence-electron chi connectivity index (χ3n) is 4.59. The largest absolute Gasteiger partial charge is 0.394 e. The Hall–Kier alpha value is -1.35. The minimum Gasteiger partial charge on any atom is -0.394 e. The predicted octanol–water partition coefficient (Wildman–Crippen LogP) is -1.97. The average molecular weight is 312 g/mol. The highest BCUT2D eigenvalue weighted by Gasteiger charge is 2.42. The van der Waals surface area contributed by atoms with Gasteiger partial charge in [0.1, 0.15) is 6.04 Å². The number of nitrogens with zero attached hydrogens (tertiary/aromatic N) is 2. The number of aliphatic hydroxyl groups is 1. The van der Waals surface area contributed by atoms with Crippen LogP contribution in [-0.4, -0.2) is 77.2 Å². The zero-order valence-corrected chi connectivity index (χ0v) is 12.8. The van der Waals surface area contributed by atoms with Crippen molar-refractivity contribution < 1.29 is 19.5 Å². The summed E-state index contributed by atoms with van der Waals surface area (Å²) in [5.41, 5.74) is 2.13. The number of aliphatic hydroxyl groups excluding tert-OH is 1. The van der Waals surface area contributed by atoms with E-state index in [4.69, 9.17) is 10.9 Å². The molecule has 2 fully saturated rings. The third kappa shape index (κ3) is 3.19. The van der Waals surface area contributed by atoms with Gasteiger partial charge in [-0.05, 0) is 39.3 Å². The van der Waals surface area contributed by atoms with Gasteiger partial charge >= 0.3 is 0 Å². The Kier molecular flexibility index (Phi) is 5.63. The molecule has 0 radical (unpaired) electrons. The van der Waals surface area contributed by atoms with Gasteiger partial charge in [-0.2, -0.15) is 0 Å². The lowest BCUT2D eigenvalue weighted by atomic mass is 10.0. The monoisotopic (exact) mass is 312 g/mol. The zero-order valence-electron chi connectivity index (χ0n) is 12.8. The van der Waals surface area contributed by atoms with Crippen molar-refractivity contribution in [2.45, 2.75) is 43.8 Å². The fraction of sp³-hybridized carbons (Fsp3) is 0.786. The fourth-order valence-corrected chi connectivity index (χ4v) is 3.26. The Morgan fingerprint density at radius 3 is 2.41 bits per heavy atom. The molecule has 0 aliphatic carbocycles. The normalized spacial score (nSPS) is 27.1. The molecule has 8 nitrogen and oxygen atoms in total. The van der Waals surface area contributed by atoms with E-state index in [2.05, 4.69) is 5.43 Å². The molecule has 0 bridgehead atoms. The lowest BCUT2D eigenvalue weighted by molar-refractivity contribution is -0.146. The topological polar surface area (TPSA) is 116 Å². The van der Waals surface area contributed by atoms with Crippen molar-refractivity contribution in [2.75, 3.05) is 26.7 Å². The molecule has 2 heterocycles. The Labute approximate surface area is 129 Å². The summed E-state index contributed by atoms with van der Waals surface area (Å²) in [4.78, 5) is 40.5. The maximum Gasteiger partial charge on any atom is 0.240 e. The van der Waals surface area contributed by atoms with E-state index in [0.29, 0.717) is 19.4 Å². The van der Waals surface area contributed by atoms with Gasteiger partial charge in [-0.3, -0.25) is 25.1 Å². The fourth-order valence-electron chi connectivity index (χ4n) is 3.26. The summed E-state index contributed by atoms with van der Waals surface area (Å²) in [5, 5.41) is 9.07. The summed E-state index contributed by atoms with van der Waals surface area (Å²) in [6.45, 7) is 0.811. The molecule has 2 rings (SSSR count). The van der Waals surface area contributed by atoms with Crippen LogP contribution in [0.3, 0.4) is 0 Å². The van der Waals surface area contributed by atoms with Gasteiger partial charge in [-0.1, -0.05) is 0 Å². The van der Waals surface area contributed by atoms with Crippen molar-refractivity contribution in [3.8, 4) is 0 Å². The first-order chi connectivity index (χ1) is 10.5. The van der Waals surface area contributed by atoms with Crippen molar-refractivity contribution >= 4 is 17.5 Å². The Bertz CT molecular complexity index is 452. The van der Waals surface area contributed by atoms with Gasteiger partial charge in [0.25, 0.3) is 0 Å². The molecule has 1 amide bonds. The van der Waals surface area contributed by atoms with E-state index < -0.39 is 30.3 Å². The molecule has 124 valence electrons. The molecule has 2 aliphatic heterocycles. The second-order valence-corrected chi connectivity index (χ2v) is 5.96. The number of Topliss-reactive ketones (excluding diaryl/α,β-unsaturated/α-hetero) is 2. The van der Waals surface area contributed by atoms with Gasteiger partial charge in [0.2, 0.25) is 17.5 Å². The minimum absolute atomic E-state index is 0.0788. The zero-order chi connectivity index (χ0) is 16.3. The molecule has 0 unspecified atom stereocenters. The molecule has 2 aliphatic rings. The average Bonchev–Trinajstić information content (AvgIpc) is 3.15. The van der Waals surface area contributed by atoms with Crippen molar-refractivity contribution in [3.05, 3.63) is 0 Å². The Morgan fingerprint density at radius 2 is 1.86 bits per heavy atom. The first-order valence-electron chi connectivity index (χ1n) is 7.67. The van der Waals surface area contributed by atoms with Crippen molar-refractivity contribution in [3.63, 3.8) is 0 Å². The van der Waals surface area contributed by atoms with Crippen molar-refractivity contribution in [1.29, 1.82) is 0 Å². The number of hydrazine groups is 1. The number of nitrogens with one attached hydrogen (secondary N) is 1. The molecule has 0 saturated carbocycles. The summed E-state index contributed by atoms with van der Waals surface area (Å²) in [6, 6.07) is -2.04. The van der Waals surface area contributed by atoms with Crippen LogP contribution >= 0.6 is 0 Å². The maximum absolute atomic E-state index is 12.6. The highest BCUT2D eigenvalue weighted by molar-refractivity contribution is 6.41. The van der Waals surface area contributed by atoms with Gasteiger partial charge in [-0.25, -0.2) is 5.43 Å². The minimum atomic E-state index is -1.11. The van der Waals surface area contributed by atoms with Gasteiger partial charge in [0.15, 0.2) is 0 Å². The number of carbonyl (C=O) groups excluding carboxylic acids is 3. The second kappa shape index (κ2) is 7.28. The molecule has 3 atom stereocenters. The summed E-state index contributed by atoms with van der Waals surface area (Å²) < 4.78 is 0. The van der Waals surface area contributed by atoms with E-state index in [0.717, 1.165) is 19.4 Å². The number of nitrogens with two attached hydrogens (primary N) is 1. The molecule has 0 aromatic rings. The van der Waals surface area contributed by atoms with E-state index in [1.165, 1.54) is 4.90 Å². The van der Waals surface area contributed by atoms with Gasteiger partial charge in [0.05, 0.1) is 18.7 Å². The maximum atomic E-state index is 12.6. The smallest absolute Gasteiger partial charge is 0.240 e. The van der Waals surface area contributed by atoms with Crippen molar-refractivity contribution in [2.24, 2.45) is 5.84 Å². The van der Waals surface area contributed by atoms with E-state index in [1.807, 2.05) is 11.9 Å². The van der Waals surface area contributed by atoms with Crippen LogP contribution in [0.4, 0.5) is 0 Å². The molecule has 2 saturated heterocycles. The number of hydrogen-bond donors (Lipinski definition) is 3. The number of hydrogen-bond acceptors (Lipinski definition) is 7. The van der Waals surface area contributed by atoms with Crippen LogP contribution in [0.25, 0.3) is 0 Å². The van der Waals surface area contributed by atoms with E-state index in [9.17, 15) is 14.4 Å². The second-order valence-electron chi connectivity index (χ2n) is 5.96. The van der Waals surface area contributed by atoms with Crippen LogP contribution in [0, 0.1) is 0 Å². The molecule has 0 aromatic heterocycles. The van der Waals surface area contributed by atoms with Crippen LogP contribution in [0.1, 0.15) is 25.7 Å². The number of likely N-dealkylation sites (N-methyl/N-ethyl adjacent to an activating group) is 1. The Morgan fingerprint density at radius 1 is 1.23 bits per heavy atom. The molecular weight excluding hydrogens is 288 g/mol. The standard InChI is InChI=1S/C14H24N4O4/c1-17-6-2-5-11(17)14(22)18-7-3-4-10(18)13(21)12(20)9(8-19)16-15/h9-11,16,19H,2-8,15H2,1H3/t9-,10-,11-/m0/s1. The SMILES string of the molecule is CN1CCC[C@H]1C(=O)N1CCC[C@H]1C(=O)C(=O)[C@H](CO)NN. The van der Waals surface area contributed by atoms with E-state index in [-0.39, 0.29) is 11.9 Å². The highest BCUT2D eigenvalue weighted by atomic mass is 16.3. The molecule has 0 aromatic carbocycles. The number of carbonyl (C=O) groups is 3. The molecule has 22 heavy (non-hydrogen) atoms. The lowest BCUT2D eigenvalue weighted by Gasteiger charge is -2.29. The number of rotatable bonds is 6. The molecule has 0 spiro atoms. The molecule has 4 N–H and O–H groups in total. The number of amides is 1. The first-order valence-corrected chi connectivity index (χ1v) is 7.67. The Balaban J connectivity index is 2.08. The quantitative estimate of drug-likeness (QED) is 0.296. The predicted molar refractivity (Wildman–Crippen MR) is 78.6 cm³/mol. The van der Waals surface area contributed by atoms with E-state index >= 15 is 0 Å². The van der Waals surface area contributed by atoms with Crippen LogP contribution in [0.2, 0.25) is 0 Å². The van der Waals surface area contributed by atoms with Crippen LogP contribution in [0.5, 0.6) is 0 Å². The van der Waals surface area contributed by atoms with Gasteiger partial charge < -0.3 is 10.0 Å². The van der Waals surface area contributed by atoms with Gasteiger partial charge in [-0.15, -0.1) is 0 Å². The number of likely N-dealkylation sites (tertiary alicyclic amines) is 2. The van der Waals surface area contributed by atoms with Crippen LogP contribution in [0.15, 0.2) is 0 Å². The summed E-state index contributed by atoms with van der Waals surface area (Å²) in [7, 11) is 1.90. The first kappa shape index (κ1) is 17.0. The summed E-state index contributed by atoms with van der Waals surface area (Å²) >= 11 is 0. The lowest BCUT2D eigenvalue weighted by Crippen LogP contribution is -2.54. The molecular formula is C14H24N4O4. The van der Waals surface area contributed by atoms with E-state index in [1.54, 1.807) is 0 Å². The summed E-state index contributed by atoms with van der Waals surface area (Å²) in [6.07, 6.45) is 2.92. The van der Waals surface area contributed by atoms with Crippen molar-refractivity contribution in [1.82, 2.24) is 15.2 Å². The van der Waals surface area contributed by atoms with Gasteiger partial charge in [0, 0.05) is 6.54 Å². The summed E-state index contributed by atoms with van der Waals surface area (Å²) in [5.74, 6) is 3.67.